The van der Waals surface area contributed by atoms with E-state index in [0.717, 1.165) is 57.8 Å². The number of hydrogen-bond acceptors (Lipinski definition) is 3. The lowest BCUT2D eigenvalue weighted by molar-refractivity contribution is -0.141. The molecule has 4 nitrogen and oxygen atoms in total. The number of rotatable bonds is 10. The number of carbonyl (C=O) groups excluding carboxylic acids is 2. The highest BCUT2D eigenvalue weighted by Crippen LogP contribution is 2.23. The molecule has 0 aliphatic heterocycles. The molecule has 1 atom stereocenters. The zero-order chi connectivity index (χ0) is 23.6. The first kappa shape index (κ1) is 26.1. The van der Waals surface area contributed by atoms with Crippen molar-refractivity contribution < 1.29 is 9.59 Å². The van der Waals surface area contributed by atoms with Crippen LogP contribution in [0.25, 0.3) is 0 Å². The molecule has 33 heavy (non-hydrogen) atoms. The van der Waals surface area contributed by atoms with Gasteiger partial charge >= 0.3 is 0 Å². The van der Waals surface area contributed by atoms with Crippen molar-refractivity contribution in [3.05, 3.63) is 63.6 Å². The minimum atomic E-state index is -0.507. The molecule has 0 radical (unpaired) electrons. The summed E-state index contributed by atoms with van der Waals surface area (Å²) in [5.41, 5.74) is 1.01. The van der Waals surface area contributed by atoms with Crippen molar-refractivity contribution in [1.29, 1.82) is 0 Å². The van der Waals surface area contributed by atoms with Crippen LogP contribution in [-0.4, -0.2) is 34.6 Å². The van der Waals surface area contributed by atoms with Gasteiger partial charge in [-0.2, -0.15) is 0 Å². The number of nitrogens with one attached hydrogen (secondary N) is 1. The molecule has 2 aromatic carbocycles. The van der Waals surface area contributed by atoms with Crippen molar-refractivity contribution in [3.8, 4) is 0 Å². The minimum Gasteiger partial charge on any atom is -0.352 e. The lowest BCUT2D eigenvalue weighted by atomic mass is 9.95. The van der Waals surface area contributed by atoms with Crippen LogP contribution in [0.3, 0.4) is 0 Å². The Morgan fingerprint density at radius 3 is 2.42 bits per heavy atom. The van der Waals surface area contributed by atoms with Gasteiger partial charge in [0, 0.05) is 33.4 Å². The van der Waals surface area contributed by atoms with Crippen molar-refractivity contribution in [3.63, 3.8) is 0 Å². The van der Waals surface area contributed by atoms with Crippen molar-refractivity contribution in [1.82, 2.24) is 10.2 Å². The van der Waals surface area contributed by atoms with Crippen LogP contribution in [-0.2, 0) is 16.1 Å². The Labute approximate surface area is 215 Å². The maximum absolute atomic E-state index is 13.2. The van der Waals surface area contributed by atoms with Gasteiger partial charge in [-0.3, -0.25) is 9.59 Å². The van der Waals surface area contributed by atoms with Gasteiger partial charge in [0.1, 0.15) is 6.04 Å². The van der Waals surface area contributed by atoms with Crippen LogP contribution in [0.2, 0.25) is 5.02 Å². The Balaban J connectivity index is 1.59. The lowest BCUT2D eigenvalue weighted by Crippen LogP contribution is -2.50. The van der Waals surface area contributed by atoms with Crippen LogP contribution in [0.4, 0.5) is 0 Å². The molecule has 7 heteroatoms. The Morgan fingerprint density at radius 1 is 1.09 bits per heavy atom. The second kappa shape index (κ2) is 13.4. The third-order valence-corrected chi connectivity index (χ3v) is 7.88. The molecule has 1 N–H and O–H groups in total. The van der Waals surface area contributed by atoms with E-state index in [-0.39, 0.29) is 17.9 Å². The third-order valence-electron chi connectivity index (χ3n) is 6.00. The van der Waals surface area contributed by atoms with E-state index in [9.17, 15) is 9.59 Å². The fourth-order valence-electron chi connectivity index (χ4n) is 4.03. The molecule has 2 amide bonds. The highest BCUT2D eigenvalue weighted by Gasteiger charge is 2.27. The molecule has 0 bridgehead atoms. The van der Waals surface area contributed by atoms with Gasteiger partial charge in [0.25, 0.3) is 0 Å². The largest absolute Gasteiger partial charge is 0.352 e. The van der Waals surface area contributed by atoms with E-state index >= 15 is 0 Å². The number of hydrogen-bond donors (Lipinski definition) is 1. The predicted octanol–water partition coefficient (Wildman–Crippen LogP) is 6.84. The number of nitrogens with zero attached hydrogens (tertiary/aromatic N) is 1. The summed E-state index contributed by atoms with van der Waals surface area (Å²) in [6.07, 6.45) is 6.78. The van der Waals surface area contributed by atoms with Gasteiger partial charge in [0.15, 0.2) is 0 Å². The van der Waals surface area contributed by atoms with Gasteiger partial charge in [-0.15, -0.1) is 11.8 Å². The van der Waals surface area contributed by atoms with Gasteiger partial charge in [-0.1, -0.05) is 58.9 Å². The molecular formula is C26H32BrClN2O2S. The number of benzene rings is 2. The summed E-state index contributed by atoms with van der Waals surface area (Å²) in [5, 5.41) is 3.91. The number of thioether (sulfide) groups is 1. The summed E-state index contributed by atoms with van der Waals surface area (Å²) in [4.78, 5) is 29.1. The van der Waals surface area contributed by atoms with Crippen LogP contribution in [0, 0.1) is 0 Å². The lowest BCUT2D eigenvalue weighted by Gasteiger charge is -2.31. The Morgan fingerprint density at radius 2 is 1.76 bits per heavy atom. The summed E-state index contributed by atoms with van der Waals surface area (Å²) in [7, 11) is 0. The SMILES string of the molecule is CC(C(=O)NC1CCCCC1)N(Cc1ccc(Br)cc1)C(=O)CCCSc1ccc(Cl)cc1. The predicted molar refractivity (Wildman–Crippen MR) is 141 cm³/mol. The minimum absolute atomic E-state index is 0.0147. The highest BCUT2D eigenvalue weighted by molar-refractivity contribution is 9.10. The monoisotopic (exact) mass is 550 g/mol. The van der Waals surface area contributed by atoms with Crippen molar-refractivity contribution in [2.45, 2.75) is 75.4 Å². The maximum atomic E-state index is 13.2. The van der Waals surface area contributed by atoms with E-state index in [1.165, 1.54) is 6.42 Å². The molecule has 178 valence electrons. The first-order valence-electron chi connectivity index (χ1n) is 11.6. The topological polar surface area (TPSA) is 49.4 Å². The van der Waals surface area contributed by atoms with Crippen molar-refractivity contribution in [2.24, 2.45) is 0 Å². The molecule has 0 aromatic heterocycles. The summed E-state index contributed by atoms with van der Waals surface area (Å²) in [6.45, 7) is 2.27. The molecule has 1 fully saturated rings. The molecule has 1 saturated carbocycles. The molecule has 0 spiro atoms. The van der Waals surface area contributed by atoms with E-state index in [1.54, 1.807) is 16.7 Å². The van der Waals surface area contributed by atoms with Gasteiger partial charge in [0.2, 0.25) is 11.8 Å². The van der Waals surface area contributed by atoms with Crippen molar-refractivity contribution in [2.75, 3.05) is 5.75 Å². The first-order chi connectivity index (χ1) is 15.9. The third kappa shape index (κ3) is 8.66. The van der Waals surface area contributed by atoms with E-state index < -0.39 is 6.04 Å². The Kier molecular flexibility index (Phi) is 10.6. The molecule has 3 rings (SSSR count). The number of halogens is 2. The zero-order valence-corrected chi connectivity index (χ0v) is 22.2. The molecule has 1 aliphatic rings. The van der Waals surface area contributed by atoms with Crippen LogP contribution in [0.1, 0.15) is 57.4 Å². The fourth-order valence-corrected chi connectivity index (χ4v) is 5.27. The van der Waals surface area contributed by atoms with Gasteiger partial charge in [-0.05, 0) is 73.9 Å². The number of carbonyl (C=O) groups is 2. The molecule has 0 saturated heterocycles. The summed E-state index contributed by atoms with van der Waals surface area (Å²) >= 11 is 11.1. The van der Waals surface area contributed by atoms with Gasteiger partial charge < -0.3 is 10.2 Å². The average Bonchev–Trinajstić information content (AvgIpc) is 2.82. The summed E-state index contributed by atoms with van der Waals surface area (Å²) < 4.78 is 0.992. The van der Waals surface area contributed by atoms with E-state index in [0.29, 0.717) is 13.0 Å². The molecule has 1 aliphatic carbocycles. The van der Waals surface area contributed by atoms with Crippen LogP contribution in [0.5, 0.6) is 0 Å². The van der Waals surface area contributed by atoms with E-state index in [4.69, 9.17) is 11.6 Å². The van der Waals surface area contributed by atoms with E-state index in [1.807, 2.05) is 55.5 Å². The fraction of sp³-hybridized carbons (Fsp3) is 0.462. The van der Waals surface area contributed by atoms with Gasteiger partial charge in [0.05, 0.1) is 0 Å². The Hall–Kier alpha value is -1.50. The molecular weight excluding hydrogens is 520 g/mol. The zero-order valence-electron chi connectivity index (χ0n) is 19.1. The van der Waals surface area contributed by atoms with Crippen LogP contribution in [0.15, 0.2) is 57.9 Å². The second-order valence-electron chi connectivity index (χ2n) is 8.57. The van der Waals surface area contributed by atoms with E-state index in [2.05, 4.69) is 21.2 Å². The maximum Gasteiger partial charge on any atom is 0.242 e. The quantitative estimate of drug-likeness (QED) is 0.260. The standard InChI is InChI=1S/C26H32BrClN2O2S/c1-19(26(32)29-23-6-3-2-4-7-23)30(18-20-9-11-21(27)12-10-20)25(31)8-5-17-33-24-15-13-22(28)14-16-24/h9-16,19,23H,2-8,17-18H2,1H3,(H,29,32). The van der Waals surface area contributed by atoms with Crippen molar-refractivity contribution >= 4 is 51.1 Å². The van der Waals surface area contributed by atoms with Crippen LogP contribution < -0.4 is 5.32 Å². The molecule has 2 aromatic rings. The Bertz CT molecular complexity index is 902. The highest BCUT2D eigenvalue weighted by atomic mass is 79.9. The van der Waals surface area contributed by atoms with Gasteiger partial charge in [-0.25, -0.2) is 0 Å². The molecule has 0 heterocycles. The second-order valence-corrected chi connectivity index (χ2v) is 11.1. The molecule has 1 unspecified atom stereocenters. The number of amides is 2. The normalized spacial score (nSPS) is 15.1. The first-order valence-corrected chi connectivity index (χ1v) is 13.8. The summed E-state index contributed by atoms with van der Waals surface area (Å²) in [6, 6.07) is 15.4. The smallest absolute Gasteiger partial charge is 0.242 e. The summed E-state index contributed by atoms with van der Waals surface area (Å²) in [5.74, 6) is 0.797. The average molecular weight is 552 g/mol. The van der Waals surface area contributed by atoms with Crippen LogP contribution >= 0.6 is 39.3 Å².